The van der Waals surface area contributed by atoms with Crippen molar-refractivity contribution < 1.29 is 9.90 Å². The Labute approximate surface area is 94.3 Å². The zero-order valence-electron chi connectivity index (χ0n) is 8.99. The van der Waals surface area contributed by atoms with E-state index in [1.807, 2.05) is 26.8 Å². The number of anilines is 1. The molecule has 0 spiro atoms. The maximum Gasteiger partial charge on any atom is 0.412 e. The minimum absolute atomic E-state index is 0.111. The molecule has 0 saturated heterocycles. The van der Waals surface area contributed by atoms with Gasteiger partial charge in [0.2, 0.25) is 0 Å². The second-order valence-electron chi connectivity index (χ2n) is 3.68. The fourth-order valence-corrected chi connectivity index (χ4v) is 1.61. The molecular formula is C11H14ClNO2. The second kappa shape index (κ2) is 4.53. The number of nitrogens with zero attached hydrogens (tertiary/aromatic N) is 1. The zero-order valence-corrected chi connectivity index (χ0v) is 9.75. The summed E-state index contributed by atoms with van der Waals surface area (Å²) in [5, 5.41) is 9.64. The standard InChI is InChI=1S/C11H14ClNO2/c1-7(2)13(11(14)15)10-6-9(12)5-4-8(10)3/h4-7H,1-3H3,(H,14,15). The molecule has 0 aromatic heterocycles. The van der Waals surface area contributed by atoms with E-state index in [0.29, 0.717) is 10.7 Å². The fraction of sp³-hybridized carbons (Fsp3) is 0.364. The summed E-state index contributed by atoms with van der Waals surface area (Å²) in [6.45, 7) is 5.52. The average Bonchev–Trinajstić information content (AvgIpc) is 2.10. The molecule has 1 N–H and O–H groups in total. The highest BCUT2D eigenvalue weighted by atomic mass is 35.5. The number of benzene rings is 1. The van der Waals surface area contributed by atoms with Gasteiger partial charge in [-0.05, 0) is 38.5 Å². The van der Waals surface area contributed by atoms with Crippen molar-refractivity contribution in [3.05, 3.63) is 28.8 Å². The number of hydrogen-bond donors (Lipinski definition) is 1. The maximum atomic E-state index is 11.1. The van der Waals surface area contributed by atoms with Crippen LogP contribution in [0, 0.1) is 6.92 Å². The molecule has 0 fully saturated rings. The zero-order chi connectivity index (χ0) is 11.6. The summed E-state index contributed by atoms with van der Waals surface area (Å²) in [4.78, 5) is 12.4. The molecule has 1 aromatic carbocycles. The Bertz CT molecular complexity index is 377. The summed E-state index contributed by atoms with van der Waals surface area (Å²) < 4.78 is 0. The van der Waals surface area contributed by atoms with E-state index in [0.717, 1.165) is 5.56 Å². The van der Waals surface area contributed by atoms with Gasteiger partial charge in [-0.15, -0.1) is 0 Å². The average molecular weight is 228 g/mol. The molecule has 0 radical (unpaired) electrons. The number of hydrogen-bond acceptors (Lipinski definition) is 1. The summed E-state index contributed by atoms with van der Waals surface area (Å²) in [6, 6.07) is 5.13. The number of carbonyl (C=O) groups is 1. The summed E-state index contributed by atoms with van der Waals surface area (Å²) in [5.41, 5.74) is 1.54. The second-order valence-corrected chi connectivity index (χ2v) is 4.11. The topological polar surface area (TPSA) is 40.5 Å². The van der Waals surface area contributed by atoms with Gasteiger partial charge in [0.05, 0.1) is 5.69 Å². The quantitative estimate of drug-likeness (QED) is 0.840. The summed E-state index contributed by atoms with van der Waals surface area (Å²) >= 11 is 5.85. The molecule has 15 heavy (non-hydrogen) atoms. The van der Waals surface area contributed by atoms with Gasteiger partial charge in [0.1, 0.15) is 0 Å². The van der Waals surface area contributed by atoms with Crippen LogP contribution in [0.5, 0.6) is 0 Å². The molecule has 0 aliphatic heterocycles. The Morgan fingerprint density at radius 2 is 2.07 bits per heavy atom. The normalized spacial score (nSPS) is 10.5. The van der Waals surface area contributed by atoms with Crippen LogP contribution in [0.3, 0.4) is 0 Å². The van der Waals surface area contributed by atoms with Gasteiger partial charge in [-0.25, -0.2) is 4.79 Å². The highest BCUT2D eigenvalue weighted by Gasteiger charge is 2.19. The monoisotopic (exact) mass is 227 g/mol. The van der Waals surface area contributed by atoms with Gasteiger partial charge in [0, 0.05) is 11.1 Å². The third-order valence-corrected chi connectivity index (χ3v) is 2.39. The van der Waals surface area contributed by atoms with Crippen molar-refractivity contribution in [1.82, 2.24) is 0 Å². The van der Waals surface area contributed by atoms with Crippen molar-refractivity contribution in [2.24, 2.45) is 0 Å². The van der Waals surface area contributed by atoms with E-state index in [2.05, 4.69) is 0 Å². The van der Waals surface area contributed by atoms with E-state index < -0.39 is 6.09 Å². The van der Waals surface area contributed by atoms with Gasteiger partial charge in [0.25, 0.3) is 0 Å². The van der Waals surface area contributed by atoms with Crippen molar-refractivity contribution in [2.75, 3.05) is 4.90 Å². The molecule has 0 saturated carbocycles. The number of amides is 1. The summed E-state index contributed by atoms with van der Waals surface area (Å²) in [5.74, 6) is 0. The Kier molecular flexibility index (Phi) is 3.58. The van der Waals surface area contributed by atoms with Gasteiger partial charge in [-0.1, -0.05) is 17.7 Å². The molecule has 4 heteroatoms. The molecule has 0 heterocycles. The van der Waals surface area contributed by atoms with Gasteiger partial charge in [-0.3, -0.25) is 4.90 Å². The first-order chi connectivity index (χ1) is 6.93. The van der Waals surface area contributed by atoms with Crippen molar-refractivity contribution in [3.63, 3.8) is 0 Å². The van der Waals surface area contributed by atoms with Crippen LogP contribution in [0.1, 0.15) is 19.4 Å². The molecule has 0 aliphatic carbocycles. The van der Waals surface area contributed by atoms with Crippen LogP contribution in [-0.2, 0) is 0 Å². The molecule has 0 unspecified atom stereocenters. The van der Waals surface area contributed by atoms with Gasteiger partial charge < -0.3 is 5.11 Å². The van der Waals surface area contributed by atoms with Crippen LogP contribution >= 0.6 is 11.6 Å². The first-order valence-electron chi connectivity index (χ1n) is 4.71. The first-order valence-corrected chi connectivity index (χ1v) is 5.09. The minimum Gasteiger partial charge on any atom is -0.465 e. The predicted molar refractivity (Wildman–Crippen MR) is 61.8 cm³/mol. The molecule has 1 rings (SSSR count). The molecule has 0 bridgehead atoms. The Balaban J connectivity index is 3.22. The van der Waals surface area contributed by atoms with E-state index in [9.17, 15) is 4.79 Å². The van der Waals surface area contributed by atoms with Gasteiger partial charge >= 0.3 is 6.09 Å². The number of aryl methyl sites for hydroxylation is 1. The molecule has 0 aliphatic rings. The van der Waals surface area contributed by atoms with Gasteiger partial charge in [-0.2, -0.15) is 0 Å². The highest BCUT2D eigenvalue weighted by molar-refractivity contribution is 6.31. The smallest absolute Gasteiger partial charge is 0.412 e. The lowest BCUT2D eigenvalue weighted by Gasteiger charge is -2.25. The Morgan fingerprint density at radius 3 is 2.53 bits per heavy atom. The first kappa shape index (κ1) is 11.9. The van der Waals surface area contributed by atoms with E-state index in [4.69, 9.17) is 16.7 Å². The number of halogens is 1. The SMILES string of the molecule is Cc1ccc(Cl)cc1N(C(=O)O)C(C)C. The lowest BCUT2D eigenvalue weighted by atomic mass is 10.1. The van der Waals surface area contributed by atoms with Crippen LogP contribution in [0.15, 0.2) is 18.2 Å². The van der Waals surface area contributed by atoms with Crippen LogP contribution in [0.25, 0.3) is 0 Å². The maximum absolute atomic E-state index is 11.1. The van der Waals surface area contributed by atoms with E-state index in [1.54, 1.807) is 12.1 Å². The molecule has 0 atom stereocenters. The predicted octanol–water partition coefficient (Wildman–Crippen LogP) is 3.54. The van der Waals surface area contributed by atoms with Crippen LogP contribution in [0.2, 0.25) is 5.02 Å². The van der Waals surface area contributed by atoms with Crippen LogP contribution in [-0.4, -0.2) is 17.2 Å². The lowest BCUT2D eigenvalue weighted by Crippen LogP contribution is -2.36. The molecule has 1 amide bonds. The minimum atomic E-state index is -0.963. The van der Waals surface area contributed by atoms with Crippen LogP contribution in [0.4, 0.5) is 10.5 Å². The molecular weight excluding hydrogens is 214 g/mol. The van der Waals surface area contributed by atoms with Crippen molar-refractivity contribution in [3.8, 4) is 0 Å². The third kappa shape index (κ3) is 2.63. The Hall–Kier alpha value is -1.22. The van der Waals surface area contributed by atoms with E-state index in [1.165, 1.54) is 4.90 Å². The summed E-state index contributed by atoms with van der Waals surface area (Å²) in [6.07, 6.45) is -0.963. The van der Waals surface area contributed by atoms with Crippen molar-refractivity contribution >= 4 is 23.4 Å². The summed E-state index contributed by atoms with van der Waals surface area (Å²) in [7, 11) is 0. The Morgan fingerprint density at radius 1 is 1.47 bits per heavy atom. The largest absolute Gasteiger partial charge is 0.465 e. The molecule has 3 nitrogen and oxygen atoms in total. The number of carboxylic acid groups (broad SMARTS) is 1. The van der Waals surface area contributed by atoms with Crippen molar-refractivity contribution in [2.45, 2.75) is 26.8 Å². The van der Waals surface area contributed by atoms with Crippen LogP contribution < -0.4 is 4.90 Å². The molecule has 1 aromatic rings. The molecule has 82 valence electrons. The van der Waals surface area contributed by atoms with Crippen molar-refractivity contribution in [1.29, 1.82) is 0 Å². The van der Waals surface area contributed by atoms with E-state index >= 15 is 0 Å². The third-order valence-electron chi connectivity index (χ3n) is 2.15. The number of rotatable bonds is 2. The lowest BCUT2D eigenvalue weighted by molar-refractivity contribution is 0.200. The fourth-order valence-electron chi connectivity index (χ4n) is 1.44. The highest BCUT2D eigenvalue weighted by Crippen LogP contribution is 2.25. The van der Waals surface area contributed by atoms with Gasteiger partial charge in [0.15, 0.2) is 0 Å². The van der Waals surface area contributed by atoms with E-state index in [-0.39, 0.29) is 6.04 Å².